The number of ether oxygens (including phenoxy) is 2. The van der Waals surface area contributed by atoms with E-state index in [1.807, 2.05) is 30.5 Å². The second-order valence-electron chi connectivity index (χ2n) is 8.11. The molecule has 4 rings (SSSR count). The Balaban J connectivity index is 0.00000193. The van der Waals surface area contributed by atoms with Crippen molar-refractivity contribution in [2.45, 2.75) is 44.2 Å². The third kappa shape index (κ3) is 7.03. The number of methoxy groups -OCH3 is 2. The van der Waals surface area contributed by atoms with E-state index in [2.05, 4.69) is 33.8 Å². The van der Waals surface area contributed by atoms with Gasteiger partial charge in [-0.2, -0.15) is 0 Å². The van der Waals surface area contributed by atoms with Crippen LogP contribution in [0.3, 0.4) is 0 Å². The van der Waals surface area contributed by atoms with E-state index in [-0.39, 0.29) is 24.8 Å². The van der Waals surface area contributed by atoms with Crippen LogP contribution in [0.1, 0.15) is 31.2 Å². The van der Waals surface area contributed by atoms with Crippen molar-refractivity contribution in [1.29, 1.82) is 0 Å². The monoisotopic (exact) mass is 511 g/mol. The Morgan fingerprint density at radius 3 is 2.36 bits per heavy atom. The summed E-state index contributed by atoms with van der Waals surface area (Å²) in [5.74, 6) is 1.56. The standard InChI is InChI=1S/C25H30ClN3O2.2ClH/c1-30-24-10-3-17(15-25(24)31-2)11-13-27-19-5-7-20(8-6-19)29-22-12-14-28-23-16-18(26)4-9-21(22)23;;/h3-4,9-10,12,14-16,19-20,27H,5-8,11,13H2,1-2H3,(H,28,29);2*1H. The van der Waals surface area contributed by atoms with Crippen LogP contribution in [0.15, 0.2) is 48.7 Å². The Kier molecular flexibility index (Phi) is 10.8. The summed E-state index contributed by atoms with van der Waals surface area (Å²) in [6, 6.07) is 15.2. The molecule has 5 nitrogen and oxygen atoms in total. The molecule has 0 amide bonds. The number of nitrogens with zero attached hydrogens (tertiary/aromatic N) is 1. The Morgan fingerprint density at radius 2 is 1.64 bits per heavy atom. The van der Waals surface area contributed by atoms with Gasteiger partial charge in [0.05, 0.1) is 19.7 Å². The fraction of sp³-hybridized carbons (Fsp3) is 0.400. The summed E-state index contributed by atoms with van der Waals surface area (Å²) in [6.45, 7) is 0.966. The molecule has 1 heterocycles. The zero-order chi connectivity index (χ0) is 21.6. The molecule has 2 aromatic carbocycles. The predicted molar refractivity (Wildman–Crippen MR) is 142 cm³/mol. The Hall–Kier alpha value is -1.92. The molecule has 1 saturated carbocycles. The first kappa shape index (κ1) is 27.3. The van der Waals surface area contributed by atoms with E-state index in [1.165, 1.54) is 18.4 Å². The van der Waals surface area contributed by atoms with Gasteiger partial charge in [0.1, 0.15) is 0 Å². The summed E-state index contributed by atoms with van der Waals surface area (Å²) >= 11 is 6.11. The lowest BCUT2D eigenvalue weighted by Gasteiger charge is -2.30. The highest BCUT2D eigenvalue weighted by Crippen LogP contribution is 2.29. The van der Waals surface area contributed by atoms with Crippen molar-refractivity contribution in [3.8, 4) is 11.5 Å². The van der Waals surface area contributed by atoms with Crippen LogP contribution in [0, 0.1) is 0 Å². The van der Waals surface area contributed by atoms with Crippen molar-refractivity contribution in [2.75, 3.05) is 26.1 Å². The van der Waals surface area contributed by atoms with Crippen LogP contribution >= 0.6 is 36.4 Å². The highest BCUT2D eigenvalue weighted by Gasteiger charge is 2.21. The summed E-state index contributed by atoms with van der Waals surface area (Å²) in [4.78, 5) is 4.44. The van der Waals surface area contributed by atoms with E-state index in [9.17, 15) is 0 Å². The molecule has 1 fully saturated rings. The van der Waals surface area contributed by atoms with Crippen LogP contribution in [-0.2, 0) is 6.42 Å². The first-order chi connectivity index (χ1) is 15.2. The van der Waals surface area contributed by atoms with E-state index in [0.717, 1.165) is 58.9 Å². The quantitative estimate of drug-likeness (QED) is 0.371. The van der Waals surface area contributed by atoms with Gasteiger partial charge >= 0.3 is 0 Å². The fourth-order valence-electron chi connectivity index (χ4n) is 4.37. The molecule has 1 aliphatic carbocycles. The lowest BCUT2D eigenvalue weighted by Crippen LogP contribution is -2.37. The van der Waals surface area contributed by atoms with E-state index in [4.69, 9.17) is 21.1 Å². The number of fused-ring (bicyclic) bond motifs is 1. The minimum atomic E-state index is 0. The van der Waals surface area contributed by atoms with Crippen LogP contribution in [-0.4, -0.2) is 37.8 Å². The molecule has 33 heavy (non-hydrogen) atoms. The van der Waals surface area contributed by atoms with Crippen LogP contribution in [0.25, 0.3) is 10.9 Å². The van der Waals surface area contributed by atoms with Crippen molar-refractivity contribution in [1.82, 2.24) is 10.3 Å². The van der Waals surface area contributed by atoms with Gasteiger partial charge in [0.15, 0.2) is 11.5 Å². The molecule has 180 valence electrons. The number of rotatable bonds is 8. The van der Waals surface area contributed by atoms with E-state index in [1.54, 1.807) is 14.2 Å². The van der Waals surface area contributed by atoms with Gasteiger partial charge in [-0.1, -0.05) is 17.7 Å². The maximum absolute atomic E-state index is 6.11. The summed E-state index contributed by atoms with van der Waals surface area (Å²) in [5.41, 5.74) is 3.33. The fourth-order valence-corrected chi connectivity index (χ4v) is 4.53. The lowest BCUT2D eigenvalue weighted by molar-refractivity contribution is 0.352. The van der Waals surface area contributed by atoms with Crippen molar-refractivity contribution in [2.24, 2.45) is 0 Å². The highest BCUT2D eigenvalue weighted by atomic mass is 35.5. The van der Waals surface area contributed by atoms with Gasteiger partial charge in [-0.3, -0.25) is 4.98 Å². The van der Waals surface area contributed by atoms with E-state index < -0.39 is 0 Å². The summed E-state index contributed by atoms with van der Waals surface area (Å²) < 4.78 is 10.7. The van der Waals surface area contributed by atoms with Gasteiger partial charge in [-0.15, -0.1) is 24.8 Å². The molecule has 2 N–H and O–H groups in total. The minimum absolute atomic E-state index is 0. The average molecular weight is 513 g/mol. The van der Waals surface area contributed by atoms with Crippen LogP contribution in [0.2, 0.25) is 5.02 Å². The van der Waals surface area contributed by atoms with Crippen molar-refractivity contribution in [3.63, 3.8) is 0 Å². The maximum atomic E-state index is 6.11. The lowest BCUT2D eigenvalue weighted by atomic mass is 9.90. The number of pyridine rings is 1. The second-order valence-corrected chi connectivity index (χ2v) is 8.54. The highest BCUT2D eigenvalue weighted by molar-refractivity contribution is 6.31. The molecular weight excluding hydrogens is 481 g/mol. The summed E-state index contributed by atoms with van der Waals surface area (Å²) in [5, 5.41) is 9.31. The molecule has 0 saturated heterocycles. The molecule has 0 unspecified atom stereocenters. The van der Waals surface area contributed by atoms with Crippen molar-refractivity contribution in [3.05, 3.63) is 59.2 Å². The topological polar surface area (TPSA) is 55.4 Å². The second kappa shape index (κ2) is 13.1. The number of nitrogens with one attached hydrogen (secondary N) is 2. The smallest absolute Gasteiger partial charge is 0.160 e. The van der Waals surface area contributed by atoms with Gasteiger partial charge in [0.25, 0.3) is 0 Å². The Morgan fingerprint density at radius 1 is 0.909 bits per heavy atom. The zero-order valence-electron chi connectivity index (χ0n) is 19.0. The van der Waals surface area contributed by atoms with Crippen LogP contribution in [0.5, 0.6) is 11.5 Å². The summed E-state index contributed by atoms with van der Waals surface area (Å²) in [6.07, 6.45) is 7.50. The largest absolute Gasteiger partial charge is 0.493 e. The number of hydrogen-bond acceptors (Lipinski definition) is 5. The maximum Gasteiger partial charge on any atom is 0.160 e. The molecule has 0 radical (unpaired) electrons. The Bertz CT molecular complexity index is 1030. The number of halogens is 3. The number of hydrogen-bond donors (Lipinski definition) is 2. The van der Waals surface area contributed by atoms with Crippen molar-refractivity contribution >= 4 is 53.0 Å². The Labute approximate surface area is 213 Å². The minimum Gasteiger partial charge on any atom is -0.493 e. The third-order valence-corrected chi connectivity index (χ3v) is 6.32. The van der Waals surface area contributed by atoms with Gasteiger partial charge in [0, 0.05) is 34.4 Å². The van der Waals surface area contributed by atoms with Crippen LogP contribution in [0.4, 0.5) is 5.69 Å². The molecule has 0 bridgehead atoms. The van der Waals surface area contributed by atoms with Gasteiger partial charge in [-0.05, 0) is 80.6 Å². The zero-order valence-corrected chi connectivity index (χ0v) is 21.4. The number of anilines is 1. The molecule has 0 spiro atoms. The van der Waals surface area contributed by atoms with Gasteiger partial charge in [0.2, 0.25) is 0 Å². The normalized spacial score (nSPS) is 17.5. The first-order valence-electron chi connectivity index (χ1n) is 10.9. The van der Waals surface area contributed by atoms with Gasteiger partial charge < -0.3 is 20.1 Å². The average Bonchev–Trinajstić information content (AvgIpc) is 2.80. The molecule has 0 aliphatic heterocycles. The third-order valence-electron chi connectivity index (χ3n) is 6.09. The number of benzene rings is 2. The van der Waals surface area contributed by atoms with Gasteiger partial charge in [-0.25, -0.2) is 0 Å². The first-order valence-corrected chi connectivity index (χ1v) is 11.3. The molecule has 1 aliphatic rings. The van der Waals surface area contributed by atoms with Crippen LogP contribution < -0.4 is 20.1 Å². The molecule has 1 aromatic heterocycles. The van der Waals surface area contributed by atoms with E-state index in [0.29, 0.717) is 12.1 Å². The predicted octanol–water partition coefficient (Wildman–Crippen LogP) is 6.30. The SMILES string of the molecule is COc1ccc(CCNC2CCC(Nc3ccnc4cc(Cl)ccc34)CC2)cc1OC.Cl.Cl. The number of aromatic nitrogens is 1. The molecule has 3 aromatic rings. The van der Waals surface area contributed by atoms with E-state index >= 15 is 0 Å². The van der Waals surface area contributed by atoms with Crippen molar-refractivity contribution < 1.29 is 9.47 Å². The molecular formula is C25H32Cl3N3O2. The molecule has 8 heteroatoms. The summed E-state index contributed by atoms with van der Waals surface area (Å²) in [7, 11) is 3.34. The molecule has 0 atom stereocenters.